The molecule has 130 valence electrons. The molecule has 1 amide bonds. The van der Waals surface area contributed by atoms with Crippen LogP contribution in [0.4, 0.5) is 10.5 Å². The van der Waals surface area contributed by atoms with Crippen LogP contribution >= 0.6 is 0 Å². The SMILES string of the molecule is CCCn1nnc(-c2ccc(NS(C)(=O)=O)c(C)n2)c1OC(N)=O. The maximum Gasteiger partial charge on any atom is 0.411 e. The molecular formula is C13H18N6O4S. The molecule has 0 radical (unpaired) electrons. The molecule has 0 aliphatic carbocycles. The molecular weight excluding hydrogens is 336 g/mol. The van der Waals surface area contributed by atoms with E-state index < -0.39 is 16.1 Å². The van der Waals surface area contributed by atoms with Crippen LogP contribution in [0.3, 0.4) is 0 Å². The Morgan fingerprint density at radius 1 is 1.42 bits per heavy atom. The first-order valence-corrected chi connectivity index (χ1v) is 8.97. The molecule has 0 unspecified atom stereocenters. The maximum atomic E-state index is 11.3. The van der Waals surface area contributed by atoms with Crippen LogP contribution in [0.15, 0.2) is 12.1 Å². The van der Waals surface area contributed by atoms with E-state index in [0.29, 0.717) is 23.6 Å². The summed E-state index contributed by atoms with van der Waals surface area (Å²) in [7, 11) is -3.41. The lowest BCUT2D eigenvalue weighted by molar-refractivity contribution is 0.206. The minimum atomic E-state index is -3.41. The summed E-state index contributed by atoms with van der Waals surface area (Å²) < 4.78 is 31.4. The summed E-state index contributed by atoms with van der Waals surface area (Å²) in [5, 5.41) is 7.91. The third-order valence-electron chi connectivity index (χ3n) is 2.95. The van der Waals surface area contributed by atoms with Gasteiger partial charge in [0.15, 0.2) is 5.69 Å². The van der Waals surface area contributed by atoms with Gasteiger partial charge in [0.2, 0.25) is 10.0 Å². The number of amides is 1. The van der Waals surface area contributed by atoms with Crippen LogP contribution in [0.25, 0.3) is 11.4 Å². The van der Waals surface area contributed by atoms with E-state index in [4.69, 9.17) is 10.5 Å². The fourth-order valence-corrected chi connectivity index (χ4v) is 2.64. The van der Waals surface area contributed by atoms with Crippen LogP contribution in [0.2, 0.25) is 0 Å². The van der Waals surface area contributed by atoms with E-state index in [9.17, 15) is 13.2 Å². The molecule has 0 fully saturated rings. The number of primary amides is 1. The number of nitrogens with two attached hydrogens (primary N) is 1. The van der Waals surface area contributed by atoms with Gasteiger partial charge in [-0.05, 0) is 25.5 Å². The van der Waals surface area contributed by atoms with Gasteiger partial charge < -0.3 is 10.5 Å². The molecule has 2 rings (SSSR count). The Morgan fingerprint density at radius 2 is 2.12 bits per heavy atom. The largest absolute Gasteiger partial charge is 0.411 e. The zero-order valence-corrected chi connectivity index (χ0v) is 14.3. The second-order valence-electron chi connectivity index (χ2n) is 5.09. The van der Waals surface area contributed by atoms with Crippen molar-refractivity contribution in [1.29, 1.82) is 0 Å². The molecule has 2 heterocycles. The zero-order chi connectivity index (χ0) is 17.9. The van der Waals surface area contributed by atoms with Crippen molar-refractivity contribution in [2.24, 2.45) is 5.73 Å². The van der Waals surface area contributed by atoms with Crippen molar-refractivity contribution in [3.8, 4) is 17.3 Å². The summed E-state index contributed by atoms with van der Waals surface area (Å²) in [4.78, 5) is 15.4. The van der Waals surface area contributed by atoms with E-state index in [0.717, 1.165) is 12.7 Å². The number of rotatable bonds is 6. The van der Waals surface area contributed by atoms with Gasteiger partial charge in [0.1, 0.15) is 0 Å². The topological polar surface area (TPSA) is 142 Å². The maximum absolute atomic E-state index is 11.3. The second-order valence-corrected chi connectivity index (χ2v) is 6.84. The molecule has 0 bridgehead atoms. The molecule has 0 aliphatic rings. The van der Waals surface area contributed by atoms with Crippen molar-refractivity contribution in [1.82, 2.24) is 20.0 Å². The normalized spacial score (nSPS) is 11.3. The van der Waals surface area contributed by atoms with Crippen molar-refractivity contribution in [2.45, 2.75) is 26.8 Å². The van der Waals surface area contributed by atoms with E-state index in [-0.39, 0.29) is 11.6 Å². The summed E-state index contributed by atoms with van der Waals surface area (Å²) in [6.07, 6.45) is 0.819. The van der Waals surface area contributed by atoms with Crippen molar-refractivity contribution < 1.29 is 17.9 Å². The van der Waals surface area contributed by atoms with Gasteiger partial charge in [-0.15, -0.1) is 5.10 Å². The summed E-state index contributed by atoms with van der Waals surface area (Å²) in [5.74, 6) is 0.0973. The van der Waals surface area contributed by atoms with Gasteiger partial charge >= 0.3 is 6.09 Å². The minimum Gasteiger partial charge on any atom is -0.389 e. The number of carbonyl (C=O) groups excluding carboxylic acids is 1. The lowest BCUT2D eigenvalue weighted by atomic mass is 10.2. The Hall–Kier alpha value is -2.69. The first-order chi connectivity index (χ1) is 11.2. The Bertz CT molecular complexity index is 861. The van der Waals surface area contributed by atoms with E-state index in [2.05, 4.69) is 20.0 Å². The monoisotopic (exact) mass is 354 g/mol. The molecule has 11 heteroatoms. The number of pyridine rings is 1. The van der Waals surface area contributed by atoms with Gasteiger partial charge in [-0.2, -0.15) is 0 Å². The highest BCUT2D eigenvalue weighted by molar-refractivity contribution is 7.92. The number of anilines is 1. The molecule has 0 saturated carbocycles. The van der Waals surface area contributed by atoms with Crippen molar-refractivity contribution in [2.75, 3.05) is 11.0 Å². The van der Waals surface area contributed by atoms with Gasteiger partial charge in [0, 0.05) is 6.54 Å². The number of ether oxygens (including phenoxy) is 1. The van der Waals surface area contributed by atoms with Gasteiger partial charge in [0.05, 0.1) is 23.3 Å². The summed E-state index contributed by atoms with van der Waals surface area (Å²) >= 11 is 0. The average molecular weight is 354 g/mol. The van der Waals surface area contributed by atoms with E-state index in [1.54, 1.807) is 19.1 Å². The predicted molar refractivity (Wildman–Crippen MR) is 87.0 cm³/mol. The molecule has 0 spiro atoms. The smallest absolute Gasteiger partial charge is 0.389 e. The number of aromatic nitrogens is 4. The summed E-state index contributed by atoms with van der Waals surface area (Å²) in [5.41, 5.74) is 6.50. The van der Waals surface area contributed by atoms with Crippen molar-refractivity contribution >= 4 is 21.8 Å². The first-order valence-electron chi connectivity index (χ1n) is 7.08. The standard InChI is InChI=1S/C13H18N6O4S/c1-4-7-19-12(23-13(14)20)11(16-18-19)10-6-5-9(8(2)15-10)17-24(3,21)22/h5-6,17H,4,7H2,1-3H3,(H2,14,20). The fourth-order valence-electron chi connectivity index (χ4n) is 2.02. The quantitative estimate of drug-likeness (QED) is 0.784. The lowest BCUT2D eigenvalue weighted by Crippen LogP contribution is -2.19. The number of nitrogens with one attached hydrogen (secondary N) is 1. The number of carbonyl (C=O) groups is 1. The van der Waals surface area contributed by atoms with Crippen molar-refractivity contribution in [3.63, 3.8) is 0 Å². The Balaban J connectivity index is 2.44. The van der Waals surface area contributed by atoms with Gasteiger partial charge in [-0.3, -0.25) is 4.72 Å². The minimum absolute atomic E-state index is 0.0973. The van der Waals surface area contributed by atoms with Gasteiger partial charge in [0.25, 0.3) is 5.88 Å². The Labute approximate surface area is 139 Å². The van der Waals surface area contributed by atoms with E-state index in [1.807, 2.05) is 6.92 Å². The van der Waals surface area contributed by atoms with Crippen LogP contribution in [0.5, 0.6) is 5.88 Å². The molecule has 0 atom stereocenters. The molecule has 0 aromatic carbocycles. The molecule has 3 N–H and O–H groups in total. The highest BCUT2D eigenvalue weighted by Gasteiger charge is 2.20. The predicted octanol–water partition coefficient (Wildman–Crippen LogP) is 0.888. The molecule has 24 heavy (non-hydrogen) atoms. The van der Waals surface area contributed by atoms with Gasteiger partial charge in [-0.1, -0.05) is 12.1 Å². The summed E-state index contributed by atoms with van der Waals surface area (Å²) in [6, 6.07) is 3.10. The molecule has 10 nitrogen and oxygen atoms in total. The Kier molecular flexibility index (Phi) is 5.02. The van der Waals surface area contributed by atoms with Crippen LogP contribution < -0.4 is 15.2 Å². The number of aryl methyl sites for hydroxylation is 2. The molecule has 0 saturated heterocycles. The molecule has 0 aliphatic heterocycles. The van der Waals surface area contributed by atoms with E-state index in [1.165, 1.54) is 4.68 Å². The number of sulfonamides is 1. The molecule has 2 aromatic heterocycles. The fraction of sp³-hybridized carbons (Fsp3) is 0.385. The highest BCUT2D eigenvalue weighted by Crippen LogP contribution is 2.28. The van der Waals surface area contributed by atoms with Crippen molar-refractivity contribution in [3.05, 3.63) is 17.8 Å². The van der Waals surface area contributed by atoms with Crippen LogP contribution in [-0.4, -0.2) is 40.7 Å². The lowest BCUT2D eigenvalue weighted by Gasteiger charge is -2.09. The molecule has 2 aromatic rings. The Morgan fingerprint density at radius 3 is 2.67 bits per heavy atom. The first kappa shape index (κ1) is 17.7. The van der Waals surface area contributed by atoms with Crippen LogP contribution in [-0.2, 0) is 16.6 Å². The van der Waals surface area contributed by atoms with Gasteiger partial charge in [-0.25, -0.2) is 22.9 Å². The second kappa shape index (κ2) is 6.83. The summed E-state index contributed by atoms with van der Waals surface area (Å²) in [6.45, 7) is 4.06. The number of hydrogen-bond donors (Lipinski definition) is 2. The number of nitrogens with zero attached hydrogens (tertiary/aromatic N) is 4. The zero-order valence-electron chi connectivity index (χ0n) is 13.5. The highest BCUT2D eigenvalue weighted by atomic mass is 32.2. The average Bonchev–Trinajstić information content (AvgIpc) is 2.82. The van der Waals surface area contributed by atoms with E-state index >= 15 is 0 Å². The third-order valence-corrected chi connectivity index (χ3v) is 3.54. The van der Waals surface area contributed by atoms with Crippen LogP contribution in [0, 0.1) is 6.92 Å². The third kappa shape index (κ3) is 4.19. The van der Waals surface area contributed by atoms with Crippen LogP contribution in [0.1, 0.15) is 19.0 Å². The number of hydrogen-bond acceptors (Lipinski definition) is 7.